The zero-order valence-electron chi connectivity index (χ0n) is 21.8. The molecule has 1 aliphatic heterocycles. The highest BCUT2D eigenvalue weighted by Crippen LogP contribution is 2.36. The number of rotatable bonds is 10. The summed E-state index contributed by atoms with van der Waals surface area (Å²) in [7, 11) is -0.162. The van der Waals surface area contributed by atoms with E-state index in [1.54, 1.807) is 6.33 Å². The van der Waals surface area contributed by atoms with Crippen molar-refractivity contribution in [2.24, 2.45) is 5.73 Å². The molecule has 202 valence electrons. The highest BCUT2D eigenvalue weighted by Gasteiger charge is 2.18. The van der Waals surface area contributed by atoms with Gasteiger partial charge < -0.3 is 24.7 Å². The third-order valence-electron chi connectivity index (χ3n) is 6.51. The van der Waals surface area contributed by atoms with Gasteiger partial charge in [0.05, 0.1) is 23.3 Å². The zero-order valence-corrected chi connectivity index (χ0v) is 23.4. The molecule has 0 bridgehead atoms. The number of nitrogens with zero attached hydrogens (tertiary/aromatic N) is 4. The number of aromatic nitrogens is 3. The van der Waals surface area contributed by atoms with E-state index in [0.29, 0.717) is 29.7 Å². The molecule has 0 saturated carbocycles. The van der Waals surface area contributed by atoms with Gasteiger partial charge in [0.2, 0.25) is 0 Å². The second-order valence-corrected chi connectivity index (χ2v) is 11.6. The third-order valence-corrected chi connectivity index (χ3v) is 8.77. The smallest absolute Gasteiger partial charge is 0.158 e. The quantitative estimate of drug-likeness (QED) is 0.182. The minimum atomic E-state index is -0.162. The summed E-state index contributed by atoms with van der Waals surface area (Å²) in [6, 6.07) is 28.7. The summed E-state index contributed by atoms with van der Waals surface area (Å²) in [5.41, 5.74) is 10.9. The molecule has 6 rings (SSSR count). The van der Waals surface area contributed by atoms with Crippen LogP contribution in [0.1, 0.15) is 11.1 Å². The minimum Gasteiger partial charge on any atom is -0.454 e. The fourth-order valence-electron chi connectivity index (χ4n) is 4.63. The molecule has 3 heterocycles. The lowest BCUT2D eigenvalue weighted by atomic mass is 10.2. The number of ether oxygens (including phenoxy) is 1. The Morgan fingerprint density at radius 3 is 2.45 bits per heavy atom. The van der Waals surface area contributed by atoms with E-state index in [1.807, 2.05) is 47.2 Å². The lowest BCUT2D eigenvalue weighted by Gasteiger charge is -2.21. The van der Waals surface area contributed by atoms with Crippen LogP contribution in [0.4, 0.5) is 11.5 Å². The first-order valence-electron chi connectivity index (χ1n) is 13.0. The van der Waals surface area contributed by atoms with Crippen molar-refractivity contribution < 1.29 is 4.74 Å². The van der Waals surface area contributed by atoms with E-state index in [0.717, 1.165) is 34.8 Å². The van der Waals surface area contributed by atoms with Crippen molar-refractivity contribution >= 4 is 50.2 Å². The second kappa shape index (κ2) is 12.0. The van der Waals surface area contributed by atoms with Crippen LogP contribution >= 0.6 is 22.3 Å². The Bertz CT molecular complexity index is 1690. The lowest BCUT2D eigenvalue weighted by molar-refractivity contribution is 0.445. The van der Waals surface area contributed by atoms with Crippen LogP contribution in [-0.4, -0.2) is 30.8 Å². The first kappa shape index (κ1) is 26.1. The molecular weight excluding hydrogens is 540 g/mol. The van der Waals surface area contributed by atoms with Crippen molar-refractivity contribution in [2.45, 2.75) is 18.8 Å². The van der Waals surface area contributed by atoms with Gasteiger partial charge in [0, 0.05) is 36.1 Å². The number of hydrogen-bond donors (Lipinski definition) is 2. The number of allylic oxidation sites excluding steroid dienone is 1. The summed E-state index contributed by atoms with van der Waals surface area (Å²) in [4.78, 5) is 8.83. The van der Waals surface area contributed by atoms with Crippen LogP contribution in [0.2, 0.25) is 5.02 Å². The molecule has 2 aromatic heterocycles. The molecule has 5 aromatic rings. The van der Waals surface area contributed by atoms with E-state index in [-0.39, 0.29) is 10.7 Å². The van der Waals surface area contributed by atoms with Gasteiger partial charge in [-0.15, -0.1) is 0 Å². The number of hydrogen-bond acceptors (Lipinski definition) is 6. The fraction of sp³-hybridized carbons (Fsp3) is 0.129. The van der Waals surface area contributed by atoms with Crippen LogP contribution < -0.4 is 15.8 Å². The molecular formula is C31H29ClN6OS. The van der Waals surface area contributed by atoms with Crippen molar-refractivity contribution in [3.8, 4) is 5.75 Å². The van der Waals surface area contributed by atoms with Crippen molar-refractivity contribution in [1.29, 1.82) is 0 Å². The number of halogens is 1. The van der Waals surface area contributed by atoms with Crippen molar-refractivity contribution in [3.63, 3.8) is 0 Å². The predicted octanol–water partition coefficient (Wildman–Crippen LogP) is 6.71. The van der Waals surface area contributed by atoms with Gasteiger partial charge in [-0.25, -0.2) is 9.97 Å². The normalized spacial score (nSPS) is 14.7. The van der Waals surface area contributed by atoms with Gasteiger partial charge in [0.25, 0.3) is 0 Å². The van der Waals surface area contributed by atoms with E-state index >= 15 is 0 Å². The van der Waals surface area contributed by atoms with Gasteiger partial charge in [-0.3, -0.25) is 0 Å². The molecule has 1 unspecified atom stereocenters. The lowest BCUT2D eigenvalue weighted by Crippen LogP contribution is -2.10. The fourth-order valence-corrected chi connectivity index (χ4v) is 6.70. The summed E-state index contributed by atoms with van der Waals surface area (Å²) in [6.45, 7) is 2.01. The van der Waals surface area contributed by atoms with E-state index in [1.165, 1.54) is 11.1 Å². The molecule has 0 aliphatic carbocycles. The average molecular weight is 569 g/mol. The van der Waals surface area contributed by atoms with E-state index in [9.17, 15) is 0 Å². The summed E-state index contributed by atoms with van der Waals surface area (Å²) >= 11 is 6.71. The zero-order chi connectivity index (χ0) is 27.3. The van der Waals surface area contributed by atoms with E-state index in [2.05, 4.69) is 79.7 Å². The minimum absolute atomic E-state index is 0.162. The van der Waals surface area contributed by atoms with E-state index < -0.39 is 0 Å². The van der Waals surface area contributed by atoms with Crippen molar-refractivity contribution in [1.82, 2.24) is 18.8 Å². The maximum Gasteiger partial charge on any atom is 0.158 e. The molecule has 3 N–H and O–H groups in total. The standard InChI is InChI=1S/C31H29ClN6OS/c32-27-17-25(36-31-30-28(34-22-35-31)13-15-37(30)16-14-33)11-12-29(27)39-26-19-38(18-23-7-3-1-4-8-23)40(21-26)20-24-9-5-2-6-10-24/h1-13,15,17,19,21-22H,14,16,18,20,33H2,(H,34,35,36). The molecule has 0 radical (unpaired) electrons. The molecule has 0 saturated heterocycles. The molecule has 7 nitrogen and oxygen atoms in total. The number of nitrogens with one attached hydrogen (secondary N) is 1. The molecule has 1 atom stereocenters. The molecule has 1 aliphatic rings. The SMILES string of the molecule is NCCn1ccc2ncnc(Nc3ccc(OC4=CN(Cc5ccccc5)S(Cc5ccccc5)=C4)c(Cl)c3)c21. The number of benzene rings is 3. The van der Waals surface area contributed by atoms with Gasteiger partial charge >= 0.3 is 0 Å². The van der Waals surface area contributed by atoms with Gasteiger partial charge in [-0.2, -0.15) is 0 Å². The molecule has 40 heavy (non-hydrogen) atoms. The first-order chi connectivity index (χ1) is 19.7. The largest absolute Gasteiger partial charge is 0.454 e. The monoisotopic (exact) mass is 568 g/mol. The highest BCUT2D eigenvalue weighted by atomic mass is 35.5. The van der Waals surface area contributed by atoms with Crippen molar-refractivity contribution in [2.75, 3.05) is 11.9 Å². The maximum absolute atomic E-state index is 6.71. The topological polar surface area (TPSA) is 81.2 Å². The van der Waals surface area contributed by atoms with Crippen LogP contribution in [-0.2, 0) is 18.8 Å². The Morgan fingerprint density at radius 2 is 1.70 bits per heavy atom. The van der Waals surface area contributed by atoms with Gasteiger partial charge in [-0.05, 0) is 35.4 Å². The van der Waals surface area contributed by atoms with E-state index in [4.69, 9.17) is 22.1 Å². The van der Waals surface area contributed by atoms with Gasteiger partial charge in [-0.1, -0.05) is 82.9 Å². The summed E-state index contributed by atoms with van der Waals surface area (Å²) < 4.78 is 10.7. The van der Waals surface area contributed by atoms with Crippen LogP contribution in [0.15, 0.2) is 109 Å². The number of fused-ring (bicyclic) bond motifs is 1. The summed E-state index contributed by atoms with van der Waals surface area (Å²) in [5, 5.41) is 6.08. The number of anilines is 2. The summed E-state index contributed by atoms with van der Waals surface area (Å²) in [6.07, 6.45) is 5.61. The average Bonchev–Trinajstić information content (AvgIpc) is 3.55. The number of nitrogens with two attached hydrogens (primary N) is 1. The Hall–Kier alpha value is -4.11. The molecule has 0 amide bonds. The maximum atomic E-state index is 6.71. The Morgan fingerprint density at radius 1 is 0.925 bits per heavy atom. The Kier molecular flexibility index (Phi) is 7.81. The van der Waals surface area contributed by atoms with Crippen LogP contribution in [0.25, 0.3) is 11.0 Å². The van der Waals surface area contributed by atoms with Gasteiger partial charge in [0.1, 0.15) is 17.6 Å². The molecule has 9 heteroatoms. The highest BCUT2D eigenvalue weighted by molar-refractivity contribution is 8.12. The first-order valence-corrected chi connectivity index (χ1v) is 14.8. The van der Waals surface area contributed by atoms with Crippen LogP contribution in [0.5, 0.6) is 5.75 Å². The molecule has 3 aromatic carbocycles. The summed E-state index contributed by atoms with van der Waals surface area (Å²) in [5.74, 6) is 2.99. The predicted molar refractivity (Wildman–Crippen MR) is 166 cm³/mol. The van der Waals surface area contributed by atoms with Crippen molar-refractivity contribution in [3.05, 3.63) is 126 Å². The van der Waals surface area contributed by atoms with Crippen LogP contribution in [0.3, 0.4) is 0 Å². The van der Waals surface area contributed by atoms with Crippen LogP contribution in [0, 0.1) is 0 Å². The van der Waals surface area contributed by atoms with Gasteiger partial charge in [0.15, 0.2) is 11.6 Å². The Labute approximate surface area is 240 Å². The second-order valence-electron chi connectivity index (χ2n) is 9.37. The molecule has 0 spiro atoms. The molecule has 0 fully saturated rings. The third kappa shape index (κ3) is 5.89. The Balaban J connectivity index is 1.22.